The maximum Gasteiger partial charge on any atom is 0.230 e. The number of thioether (sulfide) groups is 1. The van der Waals surface area contributed by atoms with Crippen molar-refractivity contribution in [3.05, 3.63) is 36.9 Å². The Morgan fingerprint density at radius 1 is 1.31 bits per heavy atom. The summed E-state index contributed by atoms with van der Waals surface area (Å²) in [5.74, 6) is 3.11. The van der Waals surface area contributed by atoms with Crippen molar-refractivity contribution in [3.63, 3.8) is 0 Å². The molecule has 29 heavy (non-hydrogen) atoms. The lowest BCUT2D eigenvalue weighted by Crippen LogP contribution is -2.44. The maximum atomic E-state index is 12.5. The van der Waals surface area contributed by atoms with Gasteiger partial charge in [0.2, 0.25) is 5.91 Å². The quantitative estimate of drug-likeness (QED) is 0.519. The van der Waals surface area contributed by atoms with Crippen molar-refractivity contribution in [2.75, 3.05) is 12.9 Å². The van der Waals surface area contributed by atoms with Crippen molar-refractivity contribution >= 4 is 17.7 Å². The highest BCUT2D eigenvalue weighted by Crippen LogP contribution is 2.30. The predicted molar refractivity (Wildman–Crippen MR) is 117 cm³/mol. The van der Waals surface area contributed by atoms with Gasteiger partial charge in [-0.15, -0.1) is 16.8 Å². The predicted octanol–water partition coefficient (Wildman–Crippen LogP) is 4.17. The molecule has 0 unspecified atom stereocenters. The number of amides is 1. The van der Waals surface area contributed by atoms with Gasteiger partial charge in [-0.25, -0.2) is 0 Å². The number of hydrogen-bond donors (Lipinski definition) is 1. The number of ether oxygens (including phenoxy) is 1. The highest BCUT2D eigenvalue weighted by atomic mass is 32.2. The topological polar surface area (TPSA) is 69.0 Å². The van der Waals surface area contributed by atoms with Gasteiger partial charge in [0.25, 0.3) is 0 Å². The minimum absolute atomic E-state index is 0.0556. The lowest BCUT2D eigenvalue weighted by molar-refractivity contribution is -0.120. The van der Waals surface area contributed by atoms with Gasteiger partial charge < -0.3 is 10.1 Å². The van der Waals surface area contributed by atoms with Crippen LogP contribution in [0.4, 0.5) is 0 Å². The molecule has 1 heterocycles. The molecule has 1 amide bonds. The summed E-state index contributed by atoms with van der Waals surface area (Å²) in [5, 5.41) is 12.6. The Morgan fingerprint density at radius 2 is 2.07 bits per heavy atom. The molecule has 6 nitrogen and oxygen atoms in total. The van der Waals surface area contributed by atoms with Gasteiger partial charge in [-0.2, -0.15) is 0 Å². The van der Waals surface area contributed by atoms with Crippen molar-refractivity contribution in [1.29, 1.82) is 0 Å². The van der Waals surface area contributed by atoms with E-state index < -0.39 is 0 Å². The first kappa shape index (κ1) is 21.4. The molecule has 7 heteroatoms. The smallest absolute Gasteiger partial charge is 0.230 e. The van der Waals surface area contributed by atoms with Gasteiger partial charge in [0, 0.05) is 18.2 Å². The third kappa shape index (κ3) is 5.21. The monoisotopic (exact) mass is 414 g/mol. The van der Waals surface area contributed by atoms with Gasteiger partial charge >= 0.3 is 0 Å². The zero-order chi connectivity index (χ0) is 20.8. The van der Waals surface area contributed by atoms with Crippen molar-refractivity contribution in [1.82, 2.24) is 20.1 Å². The highest BCUT2D eigenvalue weighted by Gasteiger charge is 2.28. The summed E-state index contributed by atoms with van der Waals surface area (Å²) in [6, 6.07) is 7.97. The number of rotatable bonds is 8. The SMILES string of the molecule is C=CCn1c(SCC(=O)N[C@@H]2CCC[C@@H](C)[C@H]2C)nnc1-c1ccc(OC)cc1. The fourth-order valence-corrected chi connectivity index (χ4v) is 4.57. The van der Waals surface area contributed by atoms with Crippen molar-refractivity contribution in [2.24, 2.45) is 11.8 Å². The van der Waals surface area contributed by atoms with Crippen LogP contribution in [0.1, 0.15) is 33.1 Å². The first-order chi connectivity index (χ1) is 14.0. The number of benzene rings is 1. The molecule has 0 spiro atoms. The molecule has 1 fully saturated rings. The van der Waals surface area contributed by atoms with Crippen LogP contribution in [0.2, 0.25) is 0 Å². The lowest BCUT2D eigenvalue weighted by atomic mass is 9.78. The van der Waals surface area contributed by atoms with E-state index in [9.17, 15) is 4.79 Å². The first-order valence-corrected chi connectivity index (χ1v) is 11.1. The second kappa shape index (κ2) is 9.96. The van der Waals surface area contributed by atoms with E-state index in [0.29, 0.717) is 24.1 Å². The van der Waals surface area contributed by atoms with E-state index in [1.807, 2.05) is 34.9 Å². The minimum Gasteiger partial charge on any atom is -0.497 e. The molecular formula is C22H30N4O2S. The average molecular weight is 415 g/mol. The number of nitrogens with one attached hydrogen (secondary N) is 1. The van der Waals surface area contributed by atoms with Gasteiger partial charge in [-0.3, -0.25) is 9.36 Å². The summed E-state index contributed by atoms with van der Waals surface area (Å²) in [6.07, 6.45) is 5.31. The molecule has 1 N–H and O–H groups in total. The van der Waals surface area contributed by atoms with Crippen LogP contribution >= 0.6 is 11.8 Å². The largest absolute Gasteiger partial charge is 0.497 e. The molecule has 0 saturated heterocycles. The molecule has 1 saturated carbocycles. The third-order valence-electron chi connectivity index (χ3n) is 5.76. The van der Waals surface area contributed by atoms with E-state index in [1.54, 1.807) is 7.11 Å². The molecule has 2 aromatic rings. The van der Waals surface area contributed by atoms with E-state index in [4.69, 9.17) is 4.74 Å². The fraction of sp³-hybridized carbons (Fsp3) is 0.500. The molecule has 3 atom stereocenters. The second-order valence-corrected chi connectivity index (χ2v) is 8.61. The maximum absolute atomic E-state index is 12.5. The number of hydrogen-bond acceptors (Lipinski definition) is 5. The third-order valence-corrected chi connectivity index (χ3v) is 6.73. The van der Waals surface area contributed by atoms with Crippen LogP contribution < -0.4 is 10.1 Å². The number of methoxy groups -OCH3 is 1. The summed E-state index contributed by atoms with van der Waals surface area (Å²) >= 11 is 1.41. The number of nitrogens with zero attached hydrogens (tertiary/aromatic N) is 3. The molecule has 3 rings (SSSR count). The zero-order valence-electron chi connectivity index (χ0n) is 17.4. The second-order valence-electron chi connectivity index (χ2n) is 7.66. The molecule has 1 aliphatic carbocycles. The number of allylic oxidation sites excluding steroid dienone is 1. The van der Waals surface area contributed by atoms with Crippen LogP contribution in [0, 0.1) is 11.8 Å². The molecule has 0 radical (unpaired) electrons. The summed E-state index contributed by atoms with van der Waals surface area (Å²) in [7, 11) is 1.64. The lowest BCUT2D eigenvalue weighted by Gasteiger charge is -2.34. The molecule has 1 aromatic carbocycles. The van der Waals surface area contributed by atoms with Gasteiger partial charge in [0.1, 0.15) is 5.75 Å². The van der Waals surface area contributed by atoms with Gasteiger partial charge in [-0.05, 0) is 42.5 Å². The Balaban J connectivity index is 1.66. The van der Waals surface area contributed by atoms with Crippen molar-refractivity contribution in [3.8, 4) is 17.1 Å². The Labute approximate surface area is 177 Å². The summed E-state index contributed by atoms with van der Waals surface area (Å²) < 4.78 is 7.21. The standard InChI is InChI=1S/C22H30N4O2S/c1-5-13-26-21(17-9-11-18(28-4)12-10-17)24-25-22(26)29-14-20(27)23-19-8-6-7-15(2)16(19)3/h5,9-12,15-16,19H,1,6-8,13-14H2,2-4H3,(H,23,27)/t15-,16-,19-/m1/s1. The van der Waals surface area contributed by atoms with Gasteiger partial charge in [0.15, 0.2) is 11.0 Å². The molecule has 156 valence electrons. The van der Waals surface area contributed by atoms with E-state index in [1.165, 1.54) is 24.6 Å². The minimum atomic E-state index is 0.0556. The highest BCUT2D eigenvalue weighted by molar-refractivity contribution is 7.99. The summed E-state index contributed by atoms with van der Waals surface area (Å²) in [6.45, 7) is 8.93. The Kier molecular flexibility index (Phi) is 7.36. The normalized spacial score (nSPS) is 21.6. The van der Waals surface area contributed by atoms with Crippen molar-refractivity contribution in [2.45, 2.75) is 50.9 Å². The molecule has 1 aromatic heterocycles. The Bertz CT molecular complexity index is 834. The van der Waals surface area contributed by atoms with E-state index >= 15 is 0 Å². The fourth-order valence-electron chi connectivity index (χ4n) is 3.81. The van der Waals surface area contributed by atoms with Crippen LogP contribution in [0.25, 0.3) is 11.4 Å². The molecule has 0 aliphatic heterocycles. The first-order valence-electron chi connectivity index (χ1n) is 10.1. The number of carbonyl (C=O) groups excluding carboxylic acids is 1. The van der Waals surface area contributed by atoms with E-state index in [-0.39, 0.29) is 11.9 Å². The molecule has 1 aliphatic rings. The summed E-state index contributed by atoms with van der Waals surface area (Å²) in [4.78, 5) is 12.5. The van der Waals surface area contributed by atoms with Crippen LogP contribution in [0.15, 0.2) is 42.1 Å². The van der Waals surface area contributed by atoms with E-state index in [2.05, 4.69) is 35.9 Å². The van der Waals surface area contributed by atoms with Gasteiger partial charge in [0.05, 0.1) is 12.9 Å². The van der Waals surface area contributed by atoms with Crippen molar-refractivity contribution < 1.29 is 9.53 Å². The van der Waals surface area contributed by atoms with Crippen LogP contribution in [-0.2, 0) is 11.3 Å². The Morgan fingerprint density at radius 3 is 2.76 bits per heavy atom. The molecular weight excluding hydrogens is 384 g/mol. The number of aromatic nitrogens is 3. The van der Waals surface area contributed by atoms with Gasteiger partial charge in [-0.1, -0.05) is 44.5 Å². The summed E-state index contributed by atoms with van der Waals surface area (Å²) in [5.41, 5.74) is 0.946. The molecule has 0 bridgehead atoms. The number of carbonyl (C=O) groups is 1. The van der Waals surface area contributed by atoms with Crippen LogP contribution in [0.5, 0.6) is 5.75 Å². The average Bonchev–Trinajstić information content (AvgIpc) is 3.13. The van der Waals surface area contributed by atoms with Crippen LogP contribution in [-0.4, -0.2) is 39.6 Å². The Hall–Kier alpha value is -2.28. The zero-order valence-corrected chi connectivity index (χ0v) is 18.2. The van der Waals surface area contributed by atoms with E-state index in [0.717, 1.165) is 28.7 Å². The van der Waals surface area contributed by atoms with Crippen LogP contribution in [0.3, 0.4) is 0 Å².